The van der Waals surface area contributed by atoms with Crippen molar-refractivity contribution >= 4 is 5.91 Å². The lowest BCUT2D eigenvalue weighted by Gasteiger charge is -2.06. The van der Waals surface area contributed by atoms with Gasteiger partial charge in [0.25, 0.3) is 0 Å². The molecule has 1 atom stereocenters. The number of hydrogen-bond donors (Lipinski definition) is 1. The van der Waals surface area contributed by atoms with Gasteiger partial charge < -0.3 is 5.32 Å². The molecule has 0 unspecified atom stereocenters. The first kappa shape index (κ1) is 8.47. The van der Waals surface area contributed by atoms with Crippen molar-refractivity contribution in [3.63, 3.8) is 0 Å². The molecule has 0 aromatic heterocycles. The number of rotatable bonds is 3. The summed E-state index contributed by atoms with van der Waals surface area (Å²) in [6.07, 6.45) is 2.06. The van der Waals surface area contributed by atoms with Gasteiger partial charge in [-0.3, -0.25) is 4.79 Å². The van der Waals surface area contributed by atoms with Crippen LogP contribution in [0.5, 0.6) is 0 Å². The van der Waals surface area contributed by atoms with Crippen molar-refractivity contribution in [1.82, 2.24) is 5.32 Å². The Morgan fingerprint density at radius 3 is 2.56 bits per heavy atom. The number of carbonyl (C=O) groups excluding carboxylic acids is 1. The van der Waals surface area contributed by atoms with Gasteiger partial charge in [0, 0.05) is 13.0 Å². The molecule has 9 heavy (non-hydrogen) atoms. The summed E-state index contributed by atoms with van der Waals surface area (Å²) in [6, 6.07) is 0. The third-order valence-electron chi connectivity index (χ3n) is 1.42. The summed E-state index contributed by atoms with van der Waals surface area (Å²) in [5, 5.41) is 2.61. The van der Waals surface area contributed by atoms with Crippen LogP contribution in [0, 0.1) is 5.92 Å². The summed E-state index contributed by atoms with van der Waals surface area (Å²) in [5.74, 6) is 0.330. The lowest BCUT2D eigenvalue weighted by molar-refractivity contribution is -0.124. The maximum atomic E-state index is 10.8. The summed E-state index contributed by atoms with van der Waals surface area (Å²) in [7, 11) is 1.68. The van der Waals surface area contributed by atoms with Crippen LogP contribution in [0.15, 0.2) is 0 Å². The molecule has 2 nitrogen and oxygen atoms in total. The fraction of sp³-hybridized carbons (Fsp3) is 0.857. The van der Waals surface area contributed by atoms with Crippen LogP contribution >= 0.6 is 0 Å². The molecule has 0 saturated carbocycles. The summed E-state index contributed by atoms with van der Waals surface area (Å²) < 4.78 is 0. The molecule has 1 amide bonds. The Hall–Kier alpha value is -0.530. The van der Waals surface area contributed by atoms with E-state index in [0.29, 0.717) is 0 Å². The highest BCUT2D eigenvalue weighted by Gasteiger charge is 2.07. The van der Waals surface area contributed by atoms with Crippen molar-refractivity contribution in [3.05, 3.63) is 0 Å². The van der Waals surface area contributed by atoms with E-state index in [1.54, 1.807) is 7.05 Å². The Morgan fingerprint density at radius 2 is 2.22 bits per heavy atom. The molecule has 0 aliphatic rings. The van der Waals surface area contributed by atoms with Gasteiger partial charge >= 0.3 is 0 Å². The van der Waals surface area contributed by atoms with Crippen LogP contribution in [0.25, 0.3) is 0 Å². The Kier molecular flexibility index (Phi) is 4.10. The standard InChI is InChI=1S/C7H15NO/c1-4-5-6(2)7(9)8-3/h6H,4-5H2,1-3H3,(H,8,9)/t6-/m0/s1. The molecule has 0 bridgehead atoms. The predicted octanol–water partition coefficient (Wildman–Crippen LogP) is 1.17. The van der Waals surface area contributed by atoms with Gasteiger partial charge in [0.2, 0.25) is 5.91 Å². The zero-order chi connectivity index (χ0) is 7.28. The second kappa shape index (κ2) is 4.36. The van der Waals surface area contributed by atoms with E-state index < -0.39 is 0 Å². The first-order valence-corrected chi connectivity index (χ1v) is 3.44. The molecule has 0 spiro atoms. The monoisotopic (exact) mass is 129 g/mol. The SMILES string of the molecule is CCC[C@H](C)C(=O)NC. The smallest absolute Gasteiger partial charge is 0.222 e. The largest absolute Gasteiger partial charge is 0.359 e. The first-order valence-electron chi connectivity index (χ1n) is 3.44. The Balaban J connectivity index is 3.45. The minimum atomic E-state index is 0.150. The molecule has 1 N–H and O–H groups in total. The minimum absolute atomic E-state index is 0.150. The maximum absolute atomic E-state index is 10.8. The van der Waals surface area contributed by atoms with Crippen LogP contribution in [0.1, 0.15) is 26.7 Å². The fourth-order valence-corrected chi connectivity index (χ4v) is 0.811. The van der Waals surface area contributed by atoms with Gasteiger partial charge in [0.15, 0.2) is 0 Å². The van der Waals surface area contributed by atoms with Crippen molar-refractivity contribution in [3.8, 4) is 0 Å². The highest BCUT2D eigenvalue weighted by atomic mass is 16.1. The van der Waals surface area contributed by atoms with Gasteiger partial charge in [0.1, 0.15) is 0 Å². The van der Waals surface area contributed by atoms with Crippen LogP contribution < -0.4 is 5.32 Å². The molecule has 0 radical (unpaired) electrons. The third-order valence-corrected chi connectivity index (χ3v) is 1.42. The van der Waals surface area contributed by atoms with Crippen LogP contribution in [0.2, 0.25) is 0 Å². The van der Waals surface area contributed by atoms with Crippen molar-refractivity contribution in [2.24, 2.45) is 5.92 Å². The Bertz CT molecular complexity index is 90.9. The Morgan fingerprint density at radius 1 is 1.67 bits per heavy atom. The molecule has 0 saturated heterocycles. The van der Waals surface area contributed by atoms with Crippen LogP contribution in [0.3, 0.4) is 0 Å². The zero-order valence-electron chi connectivity index (χ0n) is 6.40. The average molecular weight is 129 g/mol. The highest BCUT2D eigenvalue weighted by Crippen LogP contribution is 2.03. The average Bonchev–Trinajstić information content (AvgIpc) is 1.87. The number of nitrogens with one attached hydrogen (secondary N) is 1. The topological polar surface area (TPSA) is 29.1 Å². The molecule has 0 fully saturated rings. The van der Waals surface area contributed by atoms with E-state index in [1.807, 2.05) is 6.92 Å². The van der Waals surface area contributed by atoms with Crippen molar-refractivity contribution < 1.29 is 4.79 Å². The number of amides is 1. The van der Waals surface area contributed by atoms with Crippen molar-refractivity contribution in [2.45, 2.75) is 26.7 Å². The lowest BCUT2D eigenvalue weighted by atomic mass is 10.1. The Labute approximate surface area is 56.6 Å². The van der Waals surface area contributed by atoms with E-state index in [9.17, 15) is 4.79 Å². The predicted molar refractivity (Wildman–Crippen MR) is 38.1 cm³/mol. The molecular formula is C7H15NO. The second-order valence-electron chi connectivity index (χ2n) is 2.30. The van der Waals surface area contributed by atoms with Gasteiger partial charge in [-0.1, -0.05) is 20.3 Å². The number of carbonyl (C=O) groups is 1. The van der Waals surface area contributed by atoms with E-state index in [4.69, 9.17) is 0 Å². The van der Waals surface area contributed by atoms with Crippen molar-refractivity contribution in [2.75, 3.05) is 7.05 Å². The molecule has 0 aromatic rings. The third kappa shape index (κ3) is 3.12. The summed E-state index contributed by atoms with van der Waals surface area (Å²) in [4.78, 5) is 10.8. The molecule has 54 valence electrons. The minimum Gasteiger partial charge on any atom is -0.359 e. The zero-order valence-corrected chi connectivity index (χ0v) is 6.40. The van der Waals surface area contributed by atoms with Gasteiger partial charge in [-0.25, -0.2) is 0 Å². The van der Waals surface area contributed by atoms with Gasteiger partial charge in [-0.2, -0.15) is 0 Å². The molecule has 0 aliphatic heterocycles. The van der Waals surface area contributed by atoms with Gasteiger partial charge in [-0.15, -0.1) is 0 Å². The van der Waals surface area contributed by atoms with Crippen LogP contribution in [-0.4, -0.2) is 13.0 Å². The van der Waals surface area contributed by atoms with Crippen LogP contribution in [0.4, 0.5) is 0 Å². The fourth-order valence-electron chi connectivity index (χ4n) is 0.811. The molecule has 0 aromatic carbocycles. The normalized spacial score (nSPS) is 12.8. The van der Waals surface area contributed by atoms with E-state index in [0.717, 1.165) is 12.8 Å². The molecule has 0 heterocycles. The second-order valence-corrected chi connectivity index (χ2v) is 2.30. The van der Waals surface area contributed by atoms with E-state index in [-0.39, 0.29) is 11.8 Å². The van der Waals surface area contributed by atoms with Gasteiger partial charge in [-0.05, 0) is 6.42 Å². The highest BCUT2D eigenvalue weighted by molar-refractivity contribution is 5.77. The van der Waals surface area contributed by atoms with Gasteiger partial charge in [0.05, 0.1) is 0 Å². The van der Waals surface area contributed by atoms with Crippen molar-refractivity contribution in [1.29, 1.82) is 0 Å². The summed E-state index contributed by atoms with van der Waals surface area (Å²) in [6.45, 7) is 4.03. The lowest BCUT2D eigenvalue weighted by Crippen LogP contribution is -2.24. The molecular weight excluding hydrogens is 114 g/mol. The molecule has 0 rings (SSSR count). The maximum Gasteiger partial charge on any atom is 0.222 e. The molecule has 0 aliphatic carbocycles. The first-order chi connectivity index (χ1) is 4.22. The van der Waals surface area contributed by atoms with E-state index >= 15 is 0 Å². The quantitative estimate of drug-likeness (QED) is 0.609. The number of hydrogen-bond acceptors (Lipinski definition) is 1. The molecule has 2 heteroatoms. The van der Waals surface area contributed by atoms with E-state index in [1.165, 1.54) is 0 Å². The van der Waals surface area contributed by atoms with E-state index in [2.05, 4.69) is 12.2 Å². The van der Waals surface area contributed by atoms with Crippen LogP contribution in [-0.2, 0) is 4.79 Å². The summed E-state index contributed by atoms with van der Waals surface area (Å²) in [5.41, 5.74) is 0. The summed E-state index contributed by atoms with van der Waals surface area (Å²) >= 11 is 0.